The zero-order valence-corrected chi connectivity index (χ0v) is 13.7. The van der Waals surface area contributed by atoms with Crippen LogP contribution in [0.4, 0.5) is 5.69 Å². The topological polar surface area (TPSA) is 38.1 Å². The molecule has 1 aromatic heterocycles. The third kappa shape index (κ3) is 3.44. The van der Waals surface area contributed by atoms with Gasteiger partial charge in [0.15, 0.2) is 12.2 Å². The summed E-state index contributed by atoms with van der Waals surface area (Å²) in [5.41, 5.74) is 3.39. The van der Waals surface area contributed by atoms with Crippen molar-refractivity contribution in [3.8, 4) is 11.3 Å². The van der Waals surface area contributed by atoms with Gasteiger partial charge in [-0.3, -0.25) is 0 Å². The van der Waals surface area contributed by atoms with Gasteiger partial charge in [0, 0.05) is 20.9 Å². The first kappa shape index (κ1) is 14.1. The fraction of sp³-hybridized carbons (Fsp3) is 0.118. The molecule has 0 amide bonds. The molecule has 0 bridgehead atoms. The molecule has 1 unspecified atom stereocenters. The van der Waals surface area contributed by atoms with Crippen molar-refractivity contribution in [2.45, 2.75) is 13.0 Å². The lowest BCUT2D eigenvalue weighted by atomic mass is 10.1. The third-order valence-corrected chi connectivity index (χ3v) is 4.07. The SMILES string of the molecule is CC(Nc1ccc(-c2cnco2)cc1)c1ccc(I)cc1. The second kappa shape index (κ2) is 6.30. The number of oxazole rings is 1. The molecule has 0 saturated carbocycles. The molecule has 0 spiro atoms. The van der Waals surface area contributed by atoms with Crippen LogP contribution >= 0.6 is 22.6 Å². The van der Waals surface area contributed by atoms with E-state index in [1.807, 2.05) is 12.1 Å². The summed E-state index contributed by atoms with van der Waals surface area (Å²) in [4.78, 5) is 3.93. The predicted molar refractivity (Wildman–Crippen MR) is 93.1 cm³/mol. The minimum absolute atomic E-state index is 0.262. The molecule has 3 aromatic rings. The van der Waals surface area contributed by atoms with Crippen molar-refractivity contribution in [2.24, 2.45) is 0 Å². The van der Waals surface area contributed by atoms with Crippen LogP contribution in [0, 0.1) is 3.57 Å². The number of nitrogens with one attached hydrogen (secondary N) is 1. The molecule has 0 aliphatic carbocycles. The molecule has 0 aliphatic heterocycles. The molecule has 1 atom stereocenters. The first-order valence-corrected chi connectivity index (χ1v) is 7.81. The second-order valence-electron chi connectivity index (χ2n) is 4.86. The standard InChI is InChI=1S/C17H15IN2O/c1-12(13-2-6-15(18)7-3-13)20-16-8-4-14(5-9-16)17-10-19-11-21-17/h2-12,20H,1H3. The fourth-order valence-corrected chi connectivity index (χ4v) is 2.53. The minimum atomic E-state index is 0.262. The van der Waals surface area contributed by atoms with Gasteiger partial charge in [-0.15, -0.1) is 0 Å². The van der Waals surface area contributed by atoms with Gasteiger partial charge in [-0.25, -0.2) is 4.98 Å². The van der Waals surface area contributed by atoms with Gasteiger partial charge < -0.3 is 9.73 Å². The summed E-state index contributed by atoms with van der Waals surface area (Å²) in [6.07, 6.45) is 3.16. The van der Waals surface area contributed by atoms with Crippen molar-refractivity contribution in [3.63, 3.8) is 0 Å². The average Bonchev–Trinajstić information content (AvgIpc) is 3.03. The zero-order chi connectivity index (χ0) is 14.7. The summed E-state index contributed by atoms with van der Waals surface area (Å²) in [6, 6.07) is 17.0. The van der Waals surface area contributed by atoms with E-state index in [4.69, 9.17) is 4.42 Å². The fourth-order valence-electron chi connectivity index (χ4n) is 2.17. The van der Waals surface area contributed by atoms with E-state index in [2.05, 4.69) is 76.2 Å². The van der Waals surface area contributed by atoms with Crippen molar-refractivity contribution in [1.82, 2.24) is 4.98 Å². The monoisotopic (exact) mass is 390 g/mol. The zero-order valence-electron chi connectivity index (χ0n) is 11.6. The molecule has 1 heterocycles. The molecule has 2 aromatic carbocycles. The Labute approximate surface area is 137 Å². The first-order valence-electron chi connectivity index (χ1n) is 6.73. The highest BCUT2D eigenvalue weighted by molar-refractivity contribution is 14.1. The molecule has 0 aliphatic rings. The highest BCUT2D eigenvalue weighted by Crippen LogP contribution is 2.24. The van der Waals surface area contributed by atoms with E-state index < -0.39 is 0 Å². The summed E-state index contributed by atoms with van der Waals surface area (Å²) in [6.45, 7) is 2.16. The lowest BCUT2D eigenvalue weighted by Crippen LogP contribution is -2.06. The molecule has 3 rings (SSSR count). The number of anilines is 1. The third-order valence-electron chi connectivity index (χ3n) is 3.35. The van der Waals surface area contributed by atoms with Gasteiger partial charge in [0.1, 0.15) is 0 Å². The van der Waals surface area contributed by atoms with Gasteiger partial charge in [0.05, 0.1) is 6.20 Å². The van der Waals surface area contributed by atoms with Crippen LogP contribution in [0.1, 0.15) is 18.5 Å². The van der Waals surface area contributed by atoms with E-state index in [9.17, 15) is 0 Å². The van der Waals surface area contributed by atoms with Gasteiger partial charge >= 0.3 is 0 Å². The molecule has 4 heteroatoms. The molecule has 3 nitrogen and oxygen atoms in total. The van der Waals surface area contributed by atoms with Gasteiger partial charge in [-0.2, -0.15) is 0 Å². The molecule has 0 radical (unpaired) electrons. The molecule has 0 fully saturated rings. The summed E-state index contributed by atoms with van der Waals surface area (Å²) in [5.74, 6) is 0.784. The number of halogens is 1. The van der Waals surface area contributed by atoms with E-state index in [0.29, 0.717) is 0 Å². The smallest absolute Gasteiger partial charge is 0.181 e. The Kier molecular flexibility index (Phi) is 4.24. The van der Waals surface area contributed by atoms with Crippen molar-refractivity contribution in [2.75, 3.05) is 5.32 Å². The second-order valence-corrected chi connectivity index (χ2v) is 6.11. The summed E-state index contributed by atoms with van der Waals surface area (Å²) in [7, 11) is 0. The van der Waals surface area contributed by atoms with Crippen LogP contribution in [0.3, 0.4) is 0 Å². The molecule has 21 heavy (non-hydrogen) atoms. The molecular weight excluding hydrogens is 375 g/mol. The van der Waals surface area contributed by atoms with Crippen LogP contribution in [-0.4, -0.2) is 4.98 Å². The Hall–Kier alpha value is -1.82. The van der Waals surface area contributed by atoms with Gasteiger partial charge in [-0.05, 0) is 71.5 Å². The predicted octanol–water partition coefficient (Wildman–Crippen LogP) is 5.12. The largest absolute Gasteiger partial charge is 0.444 e. The Balaban J connectivity index is 1.71. The lowest BCUT2D eigenvalue weighted by Gasteiger charge is -2.16. The quantitative estimate of drug-likeness (QED) is 0.629. The molecule has 0 saturated heterocycles. The van der Waals surface area contributed by atoms with E-state index in [0.717, 1.165) is 17.0 Å². The molecule has 106 valence electrons. The van der Waals surface area contributed by atoms with E-state index in [-0.39, 0.29) is 6.04 Å². The Morgan fingerprint density at radius 2 is 1.76 bits per heavy atom. The highest BCUT2D eigenvalue weighted by Gasteiger charge is 2.06. The minimum Gasteiger partial charge on any atom is -0.444 e. The summed E-state index contributed by atoms with van der Waals surface area (Å²) >= 11 is 2.32. The maximum absolute atomic E-state index is 5.29. The van der Waals surface area contributed by atoms with Crippen LogP contribution in [0.15, 0.2) is 65.5 Å². The number of rotatable bonds is 4. The normalized spacial score (nSPS) is 12.1. The summed E-state index contributed by atoms with van der Waals surface area (Å²) < 4.78 is 6.54. The van der Waals surface area contributed by atoms with Crippen molar-refractivity contribution >= 4 is 28.3 Å². The van der Waals surface area contributed by atoms with Crippen LogP contribution in [0.5, 0.6) is 0 Å². The van der Waals surface area contributed by atoms with E-state index in [1.54, 1.807) is 6.20 Å². The van der Waals surface area contributed by atoms with Gasteiger partial charge in [0.2, 0.25) is 0 Å². The maximum atomic E-state index is 5.29. The van der Waals surface area contributed by atoms with E-state index >= 15 is 0 Å². The van der Waals surface area contributed by atoms with Crippen molar-refractivity contribution in [1.29, 1.82) is 0 Å². The number of nitrogens with zero attached hydrogens (tertiary/aromatic N) is 1. The van der Waals surface area contributed by atoms with Gasteiger partial charge in [-0.1, -0.05) is 12.1 Å². The van der Waals surface area contributed by atoms with Gasteiger partial charge in [0.25, 0.3) is 0 Å². The van der Waals surface area contributed by atoms with Crippen LogP contribution in [0.2, 0.25) is 0 Å². The number of benzene rings is 2. The maximum Gasteiger partial charge on any atom is 0.181 e. The van der Waals surface area contributed by atoms with Crippen LogP contribution in [0.25, 0.3) is 11.3 Å². The van der Waals surface area contributed by atoms with Crippen molar-refractivity contribution in [3.05, 3.63) is 70.3 Å². The summed E-state index contributed by atoms with van der Waals surface area (Å²) in [5, 5.41) is 3.50. The highest BCUT2D eigenvalue weighted by atomic mass is 127. The number of hydrogen-bond acceptors (Lipinski definition) is 3. The number of hydrogen-bond donors (Lipinski definition) is 1. The van der Waals surface area contributed by atoms with Crippen molar-refractivity contribution < 1.29 is 4.42 Å². The number of aromatic nitrogens is 1. The Morgan fingerprint density at radius 1 is 1.05 bits per heavy atom. The van der Waals surface area contributed by atoms with Crippen LogP contribution < -0.4 is 5.32 Å². The Bertz CT molecular complexity index is 691. The Morgan fingerprint density at radius 3 is 2.38 bits per heavy atom. The molecular formula is C17H15IN2O. The molecule has 1 N–H and O–H groups in total. The first-order chi connectivity index (χ1) is 10.2. The average molecular weight is 390 g/mol. The van der Waals surface area contributed by atoms with E-state index in [1.165, 1.54) is 15.5 Å². The lowest BCUT2D eigenvalue weighted by molar-refractivity contribution is 0.572. The van der Waals surface area contributed by atoms with Crippen LogP contribution in [-0.2, 0) is 0 Å².